The van der Waals surface area contributed by atoms with Crippen LogP contribution in [0.3, 0.4) is 0 Å². The van der Waals surface area contributed by atoms with Crippen LogP contribution in [0, 0.1) is 0 Å². The van der Waals surface area contributed by atoms with Crippen LogP contribution in [-0.4, -0.2) is 24.1 Å². The number of carbonyl (C=O) groups excluding carboxylic acids is 1. The van der Waals surface area contributed by atoms with Crippen molar-refractivity contribution in [2.24, 2.45) is 5.73 Å². The van der Waals surface area contributed by atoms with Crippen molar-refractivity contribution < 1.29 is 4.79 Å². The Labute approximate surface area is 107 Å². The van der Waals surface area contributed by atoms with Gasteiger partial charge in [0.2, 0.25) is 0 Å². The summed E-state index contributed by atoms with van der Waals surface area (Å²) in [6, 6.07) is 7.21. The number of nitrogens with one attached hydrogen (secondary N) is 1. The molecular weight excluding hydrogens is 234 g/mol. The molecule has 0 heterocycles. The first-order valence-corrected chi connectivity index (χ1v) is 5.77. The minimum atomic E-state index is -0.177. The summed E-state index contributed by atoms with van der Waals surface area (Å²) in [7, 11) is 1.69. The van der Waals surface area contributed by atoms with Gasteiger partial charge in [0, 0.05) is 18.7 Å². The summed E-state index contributed by atoms with van der Waals surface area (Å²) in [5.41, 5.74) is 7.03. The Hall–Kier alpha value is -1.62. The van der Waals surface area contributed by atoms with E-state index in [-0.39, 0.29) is 17.1 Å². The number of carbonyl (C=O) groups is 1. The Bertz CT molecular complexity index is 432. The van der Waals surface area contributed by atoms with E-state index in [4.69, 9.17) is 18.0 Å². The van der Waals surface area contributed by atoms with E-state index in [2.05, 4.69) is 5.32 Å². The molecule has 92 valence electrons. The number of thiocarbonyl (C=S) groups is 1. The topological polar surface area (TPSA) is 58.4 Å². The Morgan fingerprint density at radius 1 is 1.41 bits per heavy atom. The molecule has 1 rings (SSSR count). The maximum Gasteiger partial charge on any atom is 0.321 e. The van der Waals surface area contributed by atoms with Gasteiger partial charge in [0.1, 0.15) is 4.99 Å². The van der Waals surface area contributed by atoms with Crippen molar-refractivity contribution in [3.05, 3.63) is 29.8 Å². The van der Waals surface area contributed by atoms with Gasteiger partial charge in [-0.05, 0) is 26.0 Å². The zero-order valence-electron chi connectivity index (χ0n) is 10.2. The van der Waals surface area contributed by atoms with E-state index in [1.54, 1.807) is 13.1 Å². The third-order valence-corrected chi connectivity index (χ3v) is 2.47. The van der Waals surface area contributed by atoms with E-state index in [1.807, 2.05) is 32.0 Å². The fourth-order valence-electron chi connectivity index (χ4n) is 1.43. The number of hydrogen-bond acceptors (Lipinski definition) is 2. The highest BCUT2D eigenvalue weighted by Crippen LogP contribution is 2.19. The summed E-state index contributed by atoms with van der Waals surface area (Å²) >= 11 is 4.96. The number of benzene rings is 1. The molecular formula is C12H17N3OS. The number of hydrogen-bond donors (Lipinski definition) is 2. The smallest absolute Gasteiger partial charge is 0.321 e. The highest BCUT2D eigenvalue weighted by molar-refractivity contribution is 7.80. The second-order valence-electron chi connectivity index (χ2n) is 4.04. The van der Waals surface area contributed by atoms with Gasteiger partial charge in [0.15, 0.2) is 0 Å². The van der Waals surface area contributed by atoms with Crippen LogP contribution in [0.1, 0.15) is 19.4 Å². The Balaban J connectivity index is 2.99. The maximum atomic E-state index is 11.9. The number of nitrogens with two attached hydrogens (primary N) is 1. The van der Waals surface area contributed by atoms with Crippen molar-refractivity contribution in [2.75, 3.05) is 11.9 Å². The van der Waals surface area contributed by atoms with Gasteiger partial charge >= 0.3 is 6.03 Å². The molecule has 0 radical (unpaired) electrons. The molecule has 0 aliphatic rings. The lowest BCUT2D eigenvalue weighted by Crippen LogP contribution is -2.41. The average molecular weight is 251 g/mol. The third-order valence-electron chi connectivity index (χ3n) is 2.25. The van der Waals surface area contributed by atoms with Gasteiger partial charge in [-0.1, -0.05) is 24.4 Å². The number of para-hydroxylation sites is 1. The Morgan fingerprint density at radius 3 is 2.53 bits per heavy atom. The summed E-state index contributed by atoms with van der Waals surface area (Å²) in [5, 5.41) is 2.81. The number of nitrogens with zero attached hydrogens (tertiary/aromatic N) is 1. The molecule has 0 aromatic heterocycles. The number of urea groups is 1. The molecule has 0 aliphatic heterocycles. The fraction of sp³-hybridized carbons (Fsp3) is 0.333. The molecule has 0 bridgehead atoms. The van der Waals surface area contributed by atoms with Gasteiger partial charge in [-0.25, -0.2) is 4.79 Å². The molecule has 3 N–H and O–H groups in total. The summed E-state index contributed by atoms with van der Waals surface area (Å²) < 4.78 is 0. The van der Waals surface area contributed by atoms with E-state index in [1.165, 1.54) is 4.90 Å². The molecule has 1 aromatic rings. The lowest BCUT2D eigenvalue weighted by molar-refractivity contribution is 0.245. The predicted octanol–water partition coefficient (Wildman–Crippen LogP) is 1.88. The normalized spacial score (nSPS) is 10.1. The van der Waals surface area contributed by atoms with Crippen LogP contribution >= 0.6 is 12.2 Å². The molecule has 0 fully saturated rings. The molecule has 0 spiro atoms. The fourth-order valence-corrected chi connectivity index (χ4v) is 1.60. The molecule has 17 heavy (non-hydrogen) atoms. The van der Waals surface area contributed by atoms with Gasteiger partial charge < -0.3 is 11.1 Å². The standard InChI is InChI=1S/C12H17N3OS/c1-8(2)14-12(16)15(3)10-7-5-4-6-9(10)11(13)17/h4-8H,1-3H3,(H2,13,17)(H,14,16). The van der Waals surface area contributed by atoms with Crippen LogP contribution < -0.4 is 16.0 Å². The first-order valence-electron chi connectivity index (χ1n) is 5.36. The molecule has 0 aliphatic carbocycles. The summed E-state index contributed by atoms with van der Waals surface area (Å²) in [5.74, 6) is 0. The maximum absolute atomic E-state index is 11.9. The van der Waals surface area contributed by atoms with E-state index in [9.17, 15) is 4.79 Å². The number of rotatable bonds is 3. The average Bonchev–Trinajstić information content (AvgIpc) is 2.27. The molecule has 0 atom stereocenters. The van der Waals surface area contributed by atoms with Crippen molar-refractivity contribution in [1.82, 2.24) is 5.32 Å². The van der Waals surface area contributed by atoms with Crippen LogP contribution in [0.5, 0.6) is 0 Å². The van der Waals surface area contributed by atoms with Crippen LogP contribution in [0.2, 0.25) is 0 Å². The van der Waals surface area contributed by atoms with Gasteiger partial charge in [-0.2, -0.15) is 0 Å². The van der Waals surface area contributed by atoms with Crippen molar-refractivity contribution in [1.29, 1.82) is 0 Å². The zero-order chi connectivity index (χ0) is 13.0. The van der Waals surface area contributed by atoms with Crippen LogP contribution in [0.25, 0.3) is 0 Å². The van der Waals surface area contributed by atoms with Crippen molar-refractivity contribution in [3.8, 4) is 0 Å². The number of anilines is 1. The molecule has 0 saturated heterocycles. The van der Waals surface area contributed by atoms with Crippen molar-refractivity contribution in [3.63, 3.8) is 0 Å². The van der Waals surface area contributed by atoms with Crippen molar-refractivity contribution in [2.45, 2.75) is 19.9 Å². The molecule has 2 amide bonds. The molecule has 0 saturated carbocycles. The lowest BCUT2D eigenvalue weighted by Gasteiger charge is -2.22. The largest absolute Gasteiger partial charge is 0.389 e. The first-order chi connectivity index (χ1) is 7.93. The van der Waals surface area contributed by atoms with E-state index in [0.29, 0.717) is 11.3 Å². The molecule has 1 aromatic carbocycles. The third kappa shape index (κ3) is 3.42. The zero-order valence-corrected chi connectivity index (χ0v) is 11.0. The van der Waals surface area contributed by atoms with Gasteiger partial charge in [0.25, 0.3) is 0 Å². The van der Waals surface area contributed by atoms with E-state index < -0.39 is 0 Å². The molecule has 0 unspecified atom stereocenters. The van der Waals surface area contributed by atoms with E-state index in [0.717, 1.165) is 0 Å². The highest BCUT2D eigenvalue weighted by atomic mass is 32.1. The summed E-state index contributed by atoms with van der Waals surface area (Å²) in [4.78, 5) is 13.7. The lowest BCUT2D eigenvalue weighted by atomic mass is 10.1. The quantitative estimate of drug-likeness (QED) is 0.806. The van der Waals surface area contributed by atoms with Crippen molar-refractivity contribution >= 4 is 28.9 Å². The first kappa shape index (κ1) is 13.4. The van der Waals surface area contributed by atoms with E-state index >= 15 is 0 Å². The predicted molar refractivity (Wildman–Crippen MR) is 74.4 cm³/mol. The van der Waals surface area contributed by atoms with Crippen LogP contribution in [0.15, 0.2) is 24.3 Å². The second-order valence-corrected chi connectivity index (χ2v) is 4.48. The monoisotopic (exact) mass is 251 g/mol. The SMILES string of the molecule is CC(C)NC(=O)N(C)c1ccccc1C(N)=S. The minimum absolute atomic E-state index is 0.0851. The van der Waals surface area contributed by atoms with Gasteiger partial charge in [-0.3, -0.25) is 4.90 Å². The summed E-state index contributed by atoms with van der Waals surface area (Å²) in [6.45, 7) is 3.82. The van der Waals surface area contributed by atoms with Crippen LogP contribution in [0.4, 0.5) is 10.5 Å². The summed E-state index contributed by atoms with van der Waals surface area (Å²) in [6.07, 6.45) is 0. The highest BCUT2D eigenvalue weighted by Gasteiger charge is 2.15. The second kappa shape index (κ2) is 5.63. The number of amides is 2. The molecule has 4 nitrogen and oxygen atoms in total. The van der Waals surface area contributed by atoms with Gasteiger partial charge in [-0.15, -0.1) is 0 Å². The van der Waals surface area contributed by atoms with Gasteiger partial charge in [0.05, 0.1) is 5.69 Å². The molecule has 5 heteroatoms. The van der Waals surface area contributed by atoms with Crippen LogP contribution in [-0.2, 0) is 0 Å². The Morgan fingerprint density at radius 2 is 2.00 bits per heavy atom. The Kier molecular flexibility index (Phi) is 4.45. The minimum Gasteiger partial charge on any atom is -0.389 e.